The van der Waals surface area contributed by atoms with E-state index in [-0.39, 0.29) is 0 Å². The molecule has 0 radical (unpaired) electrons. The molecule has 3 nitrogen and oxygen atoms in total. The van der Waals surface area contributed by atoms with E-state index in [9.17, 15) is 0 Å². The lowest BCUT2D eigenvalue weighted by Crippen LogP contribution is -2.31. The van der Waals surface area contributed by atoms with E-state index < -0.39 is 0 Å². The topological polar surface area (TPSA) is 36.3 Å². The third-order valence-corrected chi connectivity index (χ3v) is 4.60. The summed E-state index contributed by atoms with van der Waals surface area (Å²) in [6.07, 6.45) is 2.61. The van der Waals surface area contributed by atoms with E-state index in [2.05, 4.69) is 28.5 Å². The van der Waals surface area contributed by atoms with Gasteiger partial charge in [0.05, 0.1) is 24.3 Å². The monoisotopic (exact) mass is 298 g/mol. The van der Waals surface area contributed by atoms with Crippen molar-refractivity contribution in [2.45, 2.75) is 25.5 Å². The van der Waals surface area contributed by atoms with Crippen LogP contribution in [0.4, 0.5) is 5.69 Å². The fourth-order valence-corrected chi connectivity index (χ4v) is 3.35. The maximum atomic E-state index is 8.92. The minimum atomic E-state index is 0.320. The van der Waals surface area contributed by atoms with Crippen molar-refractivity contribution in [3.05, 3.63) is 52.2 Å². The zero-order chi connectivity index (χ0) is 14.5. The highest BCUT2D eigenvalue weighted by Gasteiger charge is 2.20. The number of anilines is 1. The maximum absolute atomic E-state index is 8.92. The Morgan fingerprint density at radius 2 is 2.14 bits per heavy atom. The summed E-state index contributed by atoms with van der Waals surface area (Å²) < 4.78 is 5.78. The second kappa shape index (κ2) is 6.75. The molecule has 2 heterocycles. The third kappa shape index (κ3) is 3.63. The van der Waals surface area contributed by atoms with Gasteiger partial charge >= 0.3 is 0 Å². The molecule has 1 fully saturated rings. The second-order valence-corrected chi connectivity index (χ2v) is 6.29. The highest BCUT2D eigenvalue weighted by molar-refractivity contribution is 7.09. The van der Waals surface area contributed by atoms with Crippen molar-refractivity contribution < 1.29 is 4.74 Å². The number of benzene rings is 1. The van der Waals surface area contributed by atoms with Crippen molar-refractivity contribution in [3.8, 4) is 6.07 Å². The molecule has 21 heavy (non-hydrogen) atoms. The van der Waals surface area contributed by atoms with Gasteiger partial charge in [-0.3, -0.25) is 0 Å². The van der Waals surface area contributed by atoms with Crippen molar-refractivity contribution >= 4 is 17.0 Å². The van der Waals surface area contributed by atoms with Gasteiger partial charge in [0.2, 0.25) is 0 Å². The molecular weight excluding hydrogens is 280 g/mol. The number of nitrogens with zero attached hydrogens (tertiary/aromatic N) is 2. The molecule has 1 aromatic heterocycles. The first-order valence-electron chi connectivity index (χ1n) is 7.24. The first-order valence-corrected chi connectivity index (χ1v) is 8.12. The number of ether oxygens (including phenoxy) is 1. The van der Waals surface area contributed by atoms with E-state index in [1.165, 1.54) is 4.88 Å². The van der Waals surface area contributed by atoms with Crippen LogP contribution in [-0.4, -0.2) is 19.3 Å². The van der Waals surface area contributed by atoms with Gasteiger partial charge in [0.1, 0.15) is 0 Å². The molecule has 0 N–H and O–H groups in total. The highest BCUT2D eigenvalue weighted by atomic mass is 32.1. The average molecular weight is 298 g/mol. The molecule has 1 unspecified atom stereocenters. The van der Waals surface area contributed by atoms with Gasteiger partial charge in [-0.15, -0.1) is 11.3 Å². The van der Waals surface area contributed by atoms with Crippen molar-refractivity contribution in [2.75, 3.05) is 18.1 Å². The van der Waals surface area contributed by atoms with Crippen molar-refractivity contribution in [1.82, 2.24) is 0 Å². The van der Waals surface area contributed by atoms with Crippen molar-refractivity contribution in [1.29, 1.82) is 5.26 Å². The SMILES string of the molecule is N#Cc1ccc(N(Cc2cccs2)CC2CCCO2)cc1. The van der Waals surface area contributed by atoms with Gasteiger partial charge in [-0.05, 0) is 48.6 Å². The molecule has 1 aliphatic rings. The highest BCUT2D eigenvalue weighted by Crippen LogP contribution is 2.23. The van der Waals surface area contributed by atoms with E-state index in [4.69, 9.17) is 10.00 Å². The normalized spacial score (nSPS) is 17.6. The van der Waals surface area contributed by atoms with Crippen molar-refractivity contribution in [2.24, 2.45) is 0 Å². The quantitative estimate of drug-likeness (QED) is 0.842. The van der Waals surface area contributed by atoms with Gasteiger partial charge in [0.15, 0.2) is 0 Å². The van der Waals surface area contributed by atoms with Crippen molar-refractivity contribution in [3.63, 3.8) is 0 Å². The zero-order valence-electron chi connectivity index (χ0n) is 11.9. The zero-order valence-corrected chi connectivity index (χ0v) is 12.7. The molecule has 4 heteroatoms. The molecule has 0 saturated carbocycles. The summed E-state index contributed by atoms with van der Waals surface area (Å²) >= 11 is 1.78. The number of hydrogen-bond donors (Lipinski definition) is 0. The average Bonchev–Trinajstić information content (AvgIpc) is 3.20. The van der Waals surface area contributed by atoms with E-state index >= 15 is 0 Å². The molecule has 0 bridgehead atoms. The van der Waals surface area contributed by atoms with Gasteiger partial charge in [-0.2, -0.15) is 5.26 Å². The summed E-state index contributed by atoms with van der Waals surface area (Å²) in [4.78, 5) is 3.69. The molecule has 3 rings (SSSR count). The largest absolute Gasteiger partial charge is 0.376 e. The molecule has 1 aliphatic heterocycles. The smallest absolute Gasteiger partial charge is 0.0991 e. The molecule has 0 spiro atoms. The molecule has 1 atom stereocenters. The number of rotatable bonds is 5. The standard InChI is InChI=1S/C17H18N2OS/c18-11-14-5-7-15(8-6-14)19(12-16-3-1-9-20-16)13-17-4-2-10-21-17/h2,4-8,10,16H,1,3,9,12-13H2. The first-order chi connectivity index (χ1) is 10.3. The molecule has 1 saturated heterocycles. The van der Waals surface area contributed by atoms with Gasteiger partial charge in [-0.1, -0.05) is 6.07 Å². The second-order valence-electron chi connectivity index (χ2n) is 5.25. The predicted octanol–water partition coefficient (Wildman–Crippen LogP) is 3.81. The lowest BCUT2D eigenvalue weighted by atomic mass is 10.1. The summed E-state index contributed by atoms with van der Waals surface area (Å²) in [6.45, 7) is 2.68. The summed E-state index contributed by atoms with van der Waals surface area (Å²) in [5.74, 6) is 0. The van der Waals surface area contributed by atoms with E-state index in [1.807, 2.05) is 24.3 Å². The Hall–Kier alpha value is -1.83. The summed E-state index contributed by atoms with van der Waals surface area (Å²) in [5, 5.41) is 11.0. The maximum Gasteiger partial charge on any atom is 0.0991 e. The Labute approximate surface area is 129 Å². The van der Waals surface area contributed by atoms with E-state index in [0.717, 1.165) is 38.2 Å². The summed E-state index contributed by atoms with van der Waals surface area (Å²) in [6, 6.07) is 14.2. The first kappa shape index (κ1) is 14.1. The minimum absolute atomic E-state index is 0.320. The number of thiophene rings is 1. The minimum Gasteiger partial charge on any atom is -0.376 e. The molecule has 108 valence electrons. The Kier molecular flexibility index (Phi) is 4.54. The molecule has 2 aromatic rings. The predicted molar refractivity (Wildman–Crippen MR) is 85.5 cm³/mol. The Morgan fingerprint density at radius 3 is 2.76 bits per heavy atom. The van der Waals surface area contributed by atoms with Gasteiger partial charge in [0.25, 0.3) is 0 Å². The van der Waals surface area contributed by atoms with Crippen LogP contribution in [0.25, 0.3) is 0 Å². The fraction of sp³-hybridized carbons (Fsp3) is 0.353. The lowest BCUT2D eigenvalue weighted by Gasteiger charge is -2.27. The van der Waals surface area contributed by atoms with Crippen LogP contribution in [0.3, 0.4) is 0 Å². The van der Waals surface area contributed by atoms with Crippen LogP contribution in [0.5, 0.6) is 0 Å². The molecule has 0 aliphatic carbocycles. The molecular formula is C17H18N2OS. The Bertz CT molecular complexity index is 595. The molecule has 1 aromatic carbocycles. The van der Waals surface area contributed by atoms with Crippen LogP contribution in [0.15, 0.2) is 41.8 Å². The van der Waals surface area contributed by atoms with Gasteiger partial charge < -0.3 is 9.64 Å². The van der Waals surface area contributed by atoms with Crippen LogP contribution in [0.2, 0.25) is 0 Å². The van der Waals surface area contributed by atoms with Crippen LogP contribution in [-0.2, 0) is 11.3 Å². The number of nitriles is 1. The van der Waals surface area contributed by atoms with Crippen LogP contribution < -0.4 is 4.90 Å². The molecule has 0 amide bonds. The summed E-state index contributed by atoms with van der Waals surface area (Å²) in [7, 11) is 0. The van der Waals surface area contributed by atoms with Crippen LogP contribution >= 0.6 is 11.3 Å². The lowest BCUT2D eigenvalue weighted by molar-refractivity contribution is 0.115. The van der Waals surface area contributed by atoms with Gasteiger partial charge in [0, 0.05) is 23.7 Å². The van der Waals surface area contributed by atoms with Gasteiger partial charge in [-0.25, -0.2) is 0 Å². The summed E-state index contributed by atoms with van der Waals surface area (Å²) in [5.41, 5.74) is 1.85. The van der Waals surface area contributed by atoms with Crippen LogP contribution in [0, 0.1) is 11.3 Å². The Balaban J connectivity index is 1.77. The Morgan fingerprint density at radius 1 is 1.29 bits per heavy atom. The fourth-order valence-electron chi connectivity index (χ4n) is 2.63. The van der Waals surface area contributed by atoms with E-state index in [0.29, 0.717) is 11.7 Å². The van der Waals surface area contributed by atoms with E-state index in [1.54, 1.807) is 11.3 Å². The third-order valence-electron chi connectivity index (χ3n) is 3.74. The van der Waals surface area contributed by atoms with Crippen LogP contribution in [0.1, 0.15) is 23.3 Å². The number of hydrogen-bond acceptors (Lipinski definition) is 4.